The minimum absolute atomic E-state index is 0.258. The summed E-state index contributed by atoms with van der Waals surface area (Å²) in [5.74, 6) is -0.581. The van der Waals surface area contributed by atoms with Crippen molar-refractivity contribution in [2.24, 2.45) is 0 Å². The van der Waals surface area contributed by atoms with E-state index in [4.69, 9.17) is 11.6 Å². The van der Waals surface area contributed by atoms with Crippen LogP contribution in [-0.2, 0) is 6.42 Å². The second-order valence-corrected chi connectivity index (χ2v) is 5.68. The Hall–Kier alpha value is -2.66. The lowest BCUT2D eigenvalue weighted by Crippen LogP contribution is -2.13. The minimum Gasteiger partial charge on any atom is -0.319 e. The minimum atomic E-state index is -0.322. The quantitative estimate of drug-likeness (QED) is 0.722. The van der Waals surface area contributed by atoms with Crippen LogP contribution in [0.3, 0.4) is 0 Å². The topological polar surface area (TPSA) is 57.8 Å². The average molecular weight is 344 g/mol. The number of anilines is 1. The van der Waals surface area contributed by atoms with Gasteiger partial charge in [-0.05, 0) is 55.0 Å². The van der Waals surface area contributed by atoms with E-state index in [0.717, 1.165) is 11.3 Å². The predicted octanol–water partition coefficient (Wildman–Crippen LogP) is 4.68. The van der Waals surface area contributed by atoms with Crippen LogP contribution in [0.4, 0.5) is 10.1 Å². The van der Waals surface area contributed by atoms with Crippen molar-refractivity contribution in [1.82, 2.24) is 10.2 Å². The number of aryl methyl sites for hydroxylation is 1. The molecule has 3 aromatic rings. The van der Waals surface area contributed by atoms with Crippen molar-refractivity contribution in [3.63, 3.8) is 0 Å². The number of rotatable bonds is 4. The molecule has 0 atom stereocenters. The molecule has 0 aliphatic carbocycles. The number of amides is 1. The van der Waals surface area contributed by atoms with Gasteiger partial charge in [0.05, 0.1) is 11.4 Å². The summed E-state index contributed by atoms with van der Waals surface area (Å²) in [7, 11) is 0. The van der Waals surface area contributed by atoms with E-state index in [1.807, 2.05) is 6.92 Å². The van der Waals surface area contributed by atoms with Crippen molar-refractivity contribution in [2.45, 2.75) is 13.3 Å². The Balaban J connectivity index is 1.94. The van der Waals surface area contributed by atoms with Gasteiger partial charge in [-0.2, -0.15) is 5.10 Å². The number of aromatic amines is 1. The summed E-state index contributed by atoms with van der Waals surface area (Å²) < 4.78 is 13.1. The zero-order chi connectivity index (χ0) is 17.1. The van der Waals surface area contributed by atoms with Gasteiger partial charge in [0.1, 0.15) is 11.5 Å². The Morgan fingerprint density at radius 3 is 2.46 bits per heavy atom. The van der Waals surface area contributed by atoms with Crippen LogP contribution >= 0.6 is 11.6 Å². The number of hydrogen-bond donors (Lipinski definition) is 2. The van der Waals surface area contributed by atoms with Gasteiger partial charge in [0.15, 0.2) is 0 Å². The highest BCUT2D eigenvalue weighted by Crippen LogP contribution is 2.29. The van der Waals surface area contributed by atoms with Crippen LogP contribution in [0.2, 0.25) is 5.02 Å². The van der Waals surface area contributed by atoms with Crippen molar-refractivity contribution in [2.75, 3.05) is 5.32 Å². The Kier molecular flexibility index (Phi) is 4.62. The summed E-state index contributed by atoms with van der Waals surface area (Å²) in [6.07, 6.45) is 0.671. The Morgan fingerprint density at radius 2 is 1.83 bits per heavy atom. The number of carbonyl (C=O) groups excluding carboxylic acids is 1. The maximum Gasteiger partial charge on any atom is 0.255 e. The maximum atomic E-state index is 13.1. The van der Waals surface area contributed by atoms with Gasteiger partial charge in [0.25, 0.3) is 5.91 Å². The van der Waals surface area contributed by atoms with Crippen LogP contribution in [0, 0.1) is 5.82 Å². The highest BCUT2D eigenvalue weighted by atomic mass is 35.5. The van der Waals surface area contributed by atoms with E-state index in [1.165, 1.54) is 12.1 Å². The van der Waals surface area contributed by atoms with E-state index in [0.29, 0.717) is 28.4 Å². The van der Waals surface area contributed by atoms with Crippen molar-refractivity contribution in [3.05, 3.63) is 70.6 Å². The molecule has 0 saturated heterocycles. The molecule has 0 aliphatic heterocycles. The average Bonchev–Trinajstić information content (AvgIpc) is 2.98. The molecule has 0 aliphatic rings. The van der Waals surface area contributed by atoms with Gasteiger partial charge in [-0.1, -0.05) is 18.5 Å². The summed E-state index contributed by atoms with van der Waals surface area (Å²) in [5, 5.41) is 10.6. The Morgan fingerprint density at radius 1 is 1.17 bits per heavy atom. The van der Waals surface area contributed by atoms with Gasteiger partial charge < -0.3 is 5.32 Å². The van der Waals surface area contributed by atoms with Crippen LogP contribution in [0.1, 0.15) is 23.0 Å². The zero-order valence-electron chi connectivity index (χ0n) is 12.9. The molecular weight excluding hydrogens is 329 g/mol. The maximum absolute atomic E-state index is 13.1. The lowest BCUT2D eigenvalue weighted by Gasteiger charge is -2.08. The van der Waals surface area contributed by atoms with Crippen molar-refractivity contribution in [3.8, 4) is 11.3 Å². The third kappa shape index (κ3) is 3.31. The molecule has 1 aromatic heterocycles. The Bertz CT molecular complexity index is 857. The standard InChI is InChI=1S/C18H15ClFN3O/c1-2-15-17(21-18(24)12-3-7-13(19)8-4-12)16(23-22-15)11-5-9-14(20)10-6-11/h3-10H,2H2,1H3,(H,21,24)(H,22,23). The van der Waals surface area contributed by atoms with Crippen LogP contribution in [0.25, 0.3) is 11.3 Å². The van der Waals surface area contributed by atoms with E-state index < -0.39 is 0 Å². The van der Waals surface area contributed by atoms with Gasteiger partial charge in [-0.3, -0.25) is 9.89 Å². The van der Waals surface area contributed by atoms with Gasteiger partial charge in [0, 0.05) is 16.1 Å². The van der Waals surface area contributed by atoms with Crippen LogP contribution in [0.5, 0.6) is 0 Å². The molecule has 122 valence electrons. The van der Waals surface area contributed by atoms with Gasteiger partial charge in [0.2, 0.25) is 0 Å². The first-order valence-electron chi connectivity index (χ1n) is 7.48. The Labute approximate surface area is 143 Å². The molecule has 2 N–H and O–H groups in total. The molecule has 0 spiro atoms. The molecule has 0 fully saturated rings. The molecule has 4 nitrogen and oxygen atoms in total. The smallest absolute Gasteiger partial charge is 0.255 e. The predicted molar refractivity (Wildman–Crippen MR) is 92.8 cm³/mol. The largest absolute Gasteiger partial charge is 0.319 e. The molecule has 0 saturated carbocycles. The van der Waals surface area contributed by atoms with E-state index in [1.54, 1.807) is 36.4 Å². The van der Waals surface area contributed by atoms with Gasteiger partial charge in [-0.15, -0.1) is 0 Å². The fourth-order valence-electron chi connectivity index (χ4n) is 2.37. The number of aromatic nitrogens is 2. The third-order valence-corrected chi connectivity index (χ3v) is 3.91. The van der Waals surface area contributed by atoms with E-state index in [9.17, 15) is 9.18 Å². The molecular formula is C18H15ClFN3O. The van der Waals surface area contributed by atoms with E-state index >= 15 is 0 Å². The second-order valence-electron chi connectivity index (χ2n) is 5.25. The molecule has 2 aromatic carbocycles. The third-order valence-electron chi connectivity index (χ3n) is 3.66. The molecule has 3 rings (SSSR count). The fourth-order valence-corrected chi connectivity index (χ4v) is 2.50. The van der Waals surface area contributed by atoms with Crippen molar-refractivity contribution >= 4 is 23.2 Å². The molecule has 0 radical (unpaired) electrons. The molecule has 0 bridgehead atoms. The summed E-state index contributed by atoms with van der Waals surface area (Å²) in [6, 6.07) is 12.6. The summed E-state index contributed by atoms with van der Waals surface area (Å²) in [5.41, 5.74) is 3.20. The van der Waals surface area contributed by atoms with Gasteiger partial charge >= 0.3 is 0 Å². The SMILES string of the molecule is CCc1[nH]nc(-c2ccc(F)cc2)c1NC(=O)c1ccc(Cl)cc1. The number of halogens is 2. The van der Waals surface area contributed by atoms with Crippen molar-refractivity contribution in [1.29, 1.82) is 0 Å². The molecule has 1 heterocycles. The van der Waals surface area contributed by atoms with Gasteiger partial charge in [-0.25, -0.2) is 4.39 Å². The monoisotopic (exact) mass is 343 g/mol. The summed E-state index contributed by atoms with van der Waals surface area (Å²) in [4.78, 5) is 12.5. The van der Waals surface area contributed by atoms with Crippen LogP contribution in [-0.4, -0.2) is 16.1 Å². The lowest BCUT2D eigenvalue weighted by atomic mass is 10.1. The molecule has 0 unspecified atom stereocenters. The number of carbonyl (C=O) groups is 1. The fraction of sp³-hybridized carbons (Fsp3) is 0.111. The van der Waals surface area contributed by atoms with E-state index in [-0.39, 0.29) is 11.7 Å². The molecule has 1 amide bonds. The van der Waals surface area contributed by atoms with Crippen LogP contribution in [0.15, 0.2) is 48.5 Å². The zero-order valence-corrected chi connectivity index (χ0v) is 13.7. The number of hydrogen-bond acceptors (Lipinski definition) is 2. The number of nitrogens with zero attached hydrogens (tertiary/aromatic N) is 1. The number of H-pyrrole nitrogens is 1. The number of benzene rings is 2. The second kappa shape index (κ2) is 6.84. The first kappa shape index (κ1) is 16.2. The molecule has 24 heavy (non-hydrogen) atoms. The summed E-state index contributed by atoms with van der Waals surface area (Å²) >= 11 is 5.85. The first-order chi connectivity index (χ1) is 11.6. The summed E-state index contributed by atoms with van der Waals surface area (Å²) in [6.45, 7) is 1.96. The highest BCUT2D eigenvalue weighted by molar-refractivity contribution is 6.30. The normalized spacial score (nSPS) is 10.6. The van der Waals surface area contributed by atoms with Crippen molar-refractivity contribution < 1.29 is 9.18 Å². The molecule has 6 heteroatoms. The van der Waals surface area contributed by atoms with Crippen LogP contribution < -0.4 is 5.32 Å². The van der Waals surface area contributed by atoms with E-state index in [2.05, 4.69) is 15.5 Å². The number of nitrogens with one attached hydrogen (secondary N) is 2. The lowest BCUT2D eigenvalue weighted by molar-refractivity contribution is 0.102. The first-order valence-corrected chi connectivity index (χ1v) is 7.86. The highest BCUT2D eigenvalue weighted by Gasteiger charge is 2.17.